The van der Waals surface area contributed by atoms with Crippen LogP contribution in [0.1, 0.15) is 244 Å². The molecule has 1 saturated heterocycles. The number of anilines is 2. The van der Waals surface area contributed by atoms with Crippen LogP contribution in [-0.4, -0.2) is 226 Å². The fourth-order valence-corrected chi connectivity index (χ4v) is 15.3. The highest BCUT2D eigenvalue weighted by molar-refractivity contribution is 8.00. The highest BCUT2D eigenvalue weighted by atomic mass is 32.2. The largest absolute Gasteiger partial charge is 0.508 e. The Morgan fingerprint density at radius 3 is 1.26 bits per heavy atom. The molecular weight excluding hydrogens is 1840 g/mol. The van der Waals surface area contributed by atoms with Gasteiger partial charge in [-0.25, -0.2) is 19.2 Å². The molecule has 6 heterocycles. The molecule has 143 heavy (non-hydrogen) atoms. The molecule has 7 aromatic carbocycles. The molecule has 2 spiro atoms. The lowest BCUT2D eigenvalue weighted by molar-refractivity contribution is -0.139. The number of nitrogens with zero attached hydrogens (tertiary/aromatic N) is 6. The van der Waals surface area contributed by atoms with Crippen molar-refractivity contribution in [1.29, 1.82) is 0 Å². The number of thioether (sulfide) groups is 1. The fraction of sp³-hybridized carbons (Fsp3) is 0.491. The summed E-state index contributed by atoms with van der Waals surface area (Å²) in [6, 6.07) is 43.9. The second kappa shape index (κ2) is 54.0. The molecule has 5 aliphatic heterocycles. The Bertz CT molecular complexity index is 5610. The predicted octanol–water partition coefficient (Wildman–Crippen LogP) is 20.2. The van der Waals surface area contributed by atoms with E-state index in [0.29, 0.717) is 138 Å². The Hall–Kier alpha value is -12.2. The summed E-state index contributed by atoms with van der Waals surface area (Å²) in [5.41, 5.74) is 8.01. The zero-order valence-corrected chi connectivity index (χ0v) is 90.9. The number of hydrogen-bond donors (Lipinski definition) is 4. The number of ketones is 3. The lowest BCUT2D eigenvalue weighted by Gasteiger charge is -2.37. The summed E-state index contributed by atoms with van der Waals surface area (Å²) < 4.78 is 44.2. The molecule has 0 aliphatic carbocycles. The van der Waals surface area contributed by atoms with Crippen molar-refractivity contribution in [2.75, 3.05) is 136 Å². The van der Waals surface area contributed by atoms with Gasteiger partial charge in [0.05, 0.1) is 31.3 Å². The van der Waals surface area contributed by atoms with E-state index in [4.69, 9.17) is 39.3 Å². The SMILES string of the molecule is C#CCCC(C)(C)C.CC(=O)C(C)(C)C.CC(=O)C(C)(C)C.CC(C)(C)C(=O)CN1CCN(COC=O)CCN(COC=O)CCN(CC(=O)O)CC1.CCSC(C)(C)C.CN(C)c1ccc2c(c1)Oc1cc(N(C)C)ccc1C21OC(=O)c2ccccc21.COC(=O)/C=C/CNC(C)(C)C.Cc1cc(=O)oc2cc(CC(C)(C)C)ccc12.O=C1OC2(c3ccc(O)cc3Oc3cc(O)ccc32)c2ccccc21. The van der Waals surface area contributed by atoms with Crippen LogP contribution in [0.5, 0.6) is 34.5 Å². The molecule has 0 atom stereocenters. The minimum atomic E-state index is -1.17. The summed E-state index contributed by atoms with van der Waals surface area (Å²) in [6.07, 6.45) is 11.3. The number of fused-ring (bicyclic) bond motifs is 13. The molecule has 0 bridgehead atoms. The van der Waals surface area contributed by atoms with Crippen molar-refractivity contribution in [3.63, 3.8) is 0 Å². The number of carbonyl (C=O) groups excluding carboxylic acids is 8. The zero-order valence-electron chi connectivity index (χ0n) is 90.0. The highest BCUT2D eigenvalue weighted by Crippen LogP contribution is 2.59. The minimum absolute atomic E-state index is 0.0371. The zero-order chi connectivity index (χ0) is 108. The van der Waals surface area contributed by atoms with Crippen LogP contribution in [0.4, 0.5) is 11.4 Å². The molecule has 0 amide bonds. The average Bonchev–Trinajstić information content (AvgIpc) is 1.59. The van der Waals surface area contributed by atoms with Gasteiger partial charge < -0.3 is 68.0 Å². The molecular formula is C114H157N7O21S. The molecule has 0 unspecified atom stereocenters. The van der Waals surface area contributed by atoms with Crippen molar-refractivity contribution >= 4 is 88.3 Å². The van der Waals surface area contributed by atoms with Crippen molar-refractivity contribution in [1.82, 2.24) is 24.9 Å². The fourth-order valence-electron chi connectivity index (χ4n) is 14.5. The first-order chi connectivity index (χ1) is 66.5. The van der Waals surface area contributed by atoms with Crippen molar-refractivity contribution < 1.29 is 96.0 Å². The van der Waals surface area contributed by atoms with Crippen molar-refractivity contribution in [2.24, 2.45) is 27.1 Å². The molecule has 4 N–H and O–H groups in total. The molecule has 780 valence electrons. The molecule has 5 aliphatic rings. The van der Waals surface area contributed by atoms with Crippen LogP contribution in [0.3, 0.4) is 0 Å². The Balaban J connectivity index is 0.000000300. The number of benzene rings is 7. The standard InChI is InChI=1S/C24H22N2O3.C20H36N4O7.C20H12O5.C15H18O2.C9H17NO2.C8H14.2C6H12O.C6H14S/c1-25(2)15-9-11-19-21(13-15)28-22-14-16(26(3)4)10-12-20(22)24(19)18-8-6-5-7-17(18)23(27)29-24;1-20(2,3)18(27)12-21-4-5-22(13-19(28)29)7-9-24(15-31-17-26)11-10-23(8-6-21)14-30-16-25;21-11-5-7-15-17(9-11)24-18-10-12(22)6-8-16(18)20(15)14-4-2-1-3-13(14)19(23)25-20;1-10-7-14(16)17-13-8-11(5-6-12(10)13)9-15(2,3)4;1-9(2,3)10-7-5-6-8(11)12-4;1-5-6-7-8(2,3)4;2*1-5(7)6(2,3)4;1-5-7-6(2,3)4/h5-14H,1-4H3;16-17H,4-15H2,1-3H3,(H,28,29);1-10,21-22H;5-8H,9H2,1-4H3;5-6,10H,7H2,1-4H3;1H,6-7H2,2-4H3;2*1-4H3;5H2,1-4H3/b;;;;6-5+;;;;. The monoisotopic (exact) mass is 1990 g/mol. The van der Waals surface area contributed by atoms with E-state index in [0.717, 1.165) is 58.3 Å². The number of carbonyl (C=O) groups is 9. The van der Waals surface area contributed by atoms with Crippen molar-refractivity contribution in [2.45, 2.75) is 214 Å². The van der Waals surface area contributed by atoms with Gasteiger partial charge in [0.2, 0.25) is 0 Å². The molecule has 29 heteroatoms. The van der Waals surface area contributed by atoms with Crippen LogP contribution < -0.4 is 30.2 Å². The number of carboxylic acid groups (broad SMARTS) is 1. The highest BCUT2D eigenvalue weighted by Gasteiger charge is 2.55. The Kier molecular flexibility index (Phi) is 45.8. The third-order valence-electron chi connectivity index (χ3n) is 23.2. The number of aliphatic carboxylic acids is 1. The number of methoxy groups -OCH3 is 1. The molecule has 1 fully saturated rings. The molecule has 13 rings (SSSR count). The van der Waals surface area contributed by atoms with Crippen molar-refractivity contribution in [3.8, 4) is 46.8 Å². The quantitative estimate of drug-likeness (QED) is 0.0155. The van der Waals surface area contributed by atoms with Crippen LogP contribution in [0, 0.1) is 46.3 Å². The van der Waals surface area contributed by atoms with Gasteiger partial charge in [-0.05, 0) is 149 Å². The maximum Gasteiger partial charge on any atom is 0.340 e. The van der Waals surface area contributed by atoms with Crippen LogP contribution in [0.2, 0.25) is 0 Å². The number of aryl methyl sites for hydroxylation is 1. The number of carboxylic acids is 1. The number of phenols is 2. The summed E-state index contributed by atoms with van der Waals surface area (Å²) in [6.45, 7) is 56.6. The number of esters is 3. The van der Waals surface area contributed by atoms with Gasteiger partial charge in [-0.2, -0.15) is 11.8 Å². The third kappa shape index (κ3) is 38.5. The molecule has 8 aromatic rings. The van der Waals surface area contributed by atoms with E-state index >= 15 is 0 Å². The minimum Gasteiger partial charge on any atom is -0.508 e. The van der Waals surface area contributed by atoms with Crippen LogP contribution in [-0.2, 0) is 74.9 Å². The molecule has 1 aromatic heterocycles. The maximum absolute atomic E-state index is 12.8. The number of phenolic OH excluding ortho intramolecular Hbond substituents is 2. The lowest BCUT2D eigenvalue weighted by Crippen LogP contribution is -2.49. The maximum atomic E-state index is 12.8. The van der Waals surface area contributed by atoms with Gasteiger partial charge in [-0.3, -0.25) is 48.4 Å². The average molecular weight is 1990 g/mol. The van der Waals surface area contributed by atoms with E-state index in [2.05, 4.69) is 112 Å². The molecule has 0 radical (unpaired) electrons. The van der Waals surface area contributed by atoms with Crippen molar-refractivity contribution in [3.05, 3.63) is 224 Å². The number of ether oxygens (including phenoxy) is 7. The smallest absolute Gasteiger partial charge is 0.340 e. The van der Waals surface area contributed by atoms with Crippen LogP contribution in [0.15, 0.2) is 167 Å². The number of nitrogens with one attached hydrogen (secondary N) is 1. The number of aromatic hydroxyl groups is 2. The summed E-state index contributed by atoms with van der Waals surface area (Å²) in [7, 11) is 9.32. The first-order valence-electron chi connectivity index (χ1n) is 48.2. The number of rotatable bonds is 18. The van der Waals surface area contributed by atoms with Gasteiger partial charge in [-0.15, -0.1) is 12.3 Å². The Morgan fingerprint density at radius 2 is 0.923 bits per heavy atom. The van der Waals surface area contributed by atoms with Gasteiger partial charge in [-0.1, -0.05) is 186 Å². The van der Waals surface area contributed by atoms with E-state index in [1.165, 1.54) is 54.8 Å². The Morgan fingerprint density at radius 1 is 0.524 bits per heavy atom. The molecule has 28 nitrogen and oxygen atoms in total. The van der Waals surface area contributed by atoms with E-state index < -0.39 is 28.6 Å². The van der Waals surface area contributed by atoms with Gasteiger partial charge >= 0.3 is 29.5 Å². The molecule has 0 saturated carbocycles. The van der Waals surface area contributed by atoms with Crippen LogP contribution >= 0.6 is 11.8 Å². The number of Topliss-reactive ketones (excluding diaryl/α,β-unsaturated/α-hetero) is 3. The summed E-state index contributed by atoms with van der Waals surface area (Å²) in [4.78, 5) is 125. The van der Waals surface area contributed by atoms with E-state index in [1.807, 2.05) is 224 Å². The van der Waals surface area contributed by atoms with E-state index in [-0.39, 0.29) is 94.7 Å². The first kappa shape index (κ1) is 121. The number of hydrogen-bond acceptors (Lipinski definition) is 28. The summed E-state index contributed by atoms with van der Waals surface area (Å²) in [5.74, 6) is 4.70. The van der Waals surface area contributed by atoms with E-state index in [1.54, 1.807) is 44.2 Å². The second-order valence-electron chi connectivity index (χ2n) is 43.4. The van der Waals surface area contributed by atoms with Gasteiger partial charge in [0.25, 0.3) is 12.9 Å². The van der Waals surface area contributed by atoms with Gasteiger partial charge in [0, 0.05) is 207 Å². The number of terminal acetylenes is 1. The Labute approximate surface area is 852 Å². The second-order valence-corrected chi connectivity index (χ2v) is 45.5. The van der Waals surface area contributed by atoms with Gasteiger partial charge in [0.1, 0.15) is 65.1 Å². The summed E-state index contributed by atoms with van der Waals surface area (Å²) in [5, 5.41) is 33.1. The predicted molar refractivity (Wildman–Crippen MR) is 569 cm³/mol. The topological polar surface area (TPSA) is 341 Å². The third-order valence-corrected chi connectivity index (χ3v) is 24.4. The normalized spacial score (nSPS) is 14.7. The first-order valence-corrected chi connectivity index (χ1v) is 49.2. The van der Waals surface area contributed by atoms with Gasteiger partial charge in [0.15, 0.2) is 17.0 Å². The van der Waals surface area contributed by atoms with Crippen LogP contribution in [0.25, 0.3) is 11.0 Å². The summed E-state index contributed by atoms with van der Waals surface area (Å²) >= 11 is 1.99. The van der Waals surface area contributed by atoms with E-state index in [9.17, 15) is 63.3 Å². The lowest BCUT2D eigenvalue weighted by atomic mass is 9.77.